The van der Waals surface area contributed by atoms with Crippen LogP contribution < -0.4 is 15.1 Å². The number of alkyl halides is 3. The van der Waals surface area contributed by atoms with Crippen LogP contribution in [0.5, 0.6) is 5.75 Å². The second-order valence-electron chi connectivity index (χ2n) is 9.95. The zero-order valence-electron chi connectivity index (χ0n) is 23.5. The molecule has 0 aliphatic heterocycles. The number of hydrogen-bond acceptors (Lipinski definition) is 5. The van der Waals surface area contributed by atoms with Crippen molar-refractivity contribution in [3.05, 3.63) is 115 Å². The molecule has 1 aromatic heterocycles. The molecule has 4 aromatic carbocycles. The van der Waals surface area contributed by atoms with Crippen LogP contribution in [0.4, 0.5) is 18.9 Å². The second kappa shape index (κ2) is 13.1. The molecule has 13 heteroatoms. The lowest BCUT2D eigenvalue weighted by Gasteiger charge is -2.13. The van der Waals surface area contributed by atoms with Crippen molar-refractivity contribution in [3.63, 3.8) is 0 Å². The quantitative estimate of drug-likeness (QED) is 0.0750. The van der Waals surface area contributed by atoms with Crippen molar-refractivity contribution in [1.29, 1.82) is 0 Å². The molecule has 0 spiro atoms. The summed E-state index contributed by atoms with van der Waals surface area (Å²) >= 11 is 13.2. The van der Waals surface area contributed by atoms with Gasteiger partial charge in [-0.05, 0) is 70.5 Å². The summed E-state index contributed by atoms with van der Waals surface area (Å²) in [4.78, 5) is 31.5. The maximum absolute atomic E-state index is 13.5. The molecule has 0 aliphatic rings. The van der Waals surface area contributed by atoms with E-state index in [1.165, 1.54) is 12.3 Å². The number of carbonyl (C=O) groups excluding carboxylic acids is 2. The maximum atomic E-state index is 13.5. The fourth-order valence-electron chi connectivity index (χ4n) is 4.55. The van der Waals surface area contributed by atoms with Crippen molar-refractivity contribution in [3.8, 4) is 16.9 Å². The van der Waals surface area contributed by atoms with E-state index in [0.717, 1.165) is 23.2 Å². The van der Waals surface area contributed by atoms with Gasteiger partial charge in [0.15, 0.2) is 5.75 Å². The first-order chi connectivity index (χ1) is 21.3. The molecule has 0 atom stereocenters. The highest BCUT2D eigenvalue weighted by Gasteiger charge is 2.31. The molecule has 0 aliphatic carbocycles. The van der Waals surface area contributed by atoms with Crippen LogP contribution >= 0.6 is 43.5 Å². The van der Waals surface area contributed by atoms with Gasteiger partial charge in [0.05, 0.1) is 21.8 Å². The fourth-order valence-corrected chi connectivity index (χ4v) is 6.12. The molecule has 5 rings (SSSR count). The van der Waals surface area contributed by atoms with Gasteiger partial charge in [0.1, 0.15) is 5.69 Å². The lowest BCUT2D eigenvalue weighted by molar-refractivity contribution is -0.137. The average Bonchev–Trinajstić information content (AvgIpc) is 3.37. The first-order valence-electron chi connectivity index (χ1n) is 13.1. The Balaban J connectivity index is 1.46. The molecule has 5 aromatic rings. The van der Waals surface area contributed by atoms with E-state index >= 15 is 0 Å². The third-order valence-electron chi connectivity index (χ3n) is 6.70. The topological polar surface area (TPSA) is 86.8 Å². The van der Waals surface area contributed by atoms with Crippen LogP contribution in [0.2, 0.25) is 5.02 Å². The van der Waals surface area contributed by atoms with Gasteiger partial charge in [-0.25, -0.2) is 10.2 Å². The molecular formula is C32H22Br2ClF3N4O3. The zero-order chi connectivity index (χ0) is 32.5. The first kappa shape index (κ1) is 32.3. The number of esters is 1. The van der Waals surface area contributed by atoms with Crippen LogP contribution in [0.3, 0.4) is 0 Å². The van der Waals surface area contributed by atoms with Gasteiger partial charge < -0.3 is 14.6 Å². The van der Waals surface area contributed by atoms with E-state index in [4.69, 9.17) is 16.3 Å². The minimum Gasteiger partial charge on any atom is -0.421 e. The Labute approximate surface area is 277 Å². The number of hydrogen-bond donors (Lipinski definition) is 2. The van der Waals surface area contributed by atoms with Crippen molar-refractivity contribution in [2.75, 3.05) is 19.0 Å². The molecule has 2 N–H and O–H groups in total. The van der Waals surface area contributed by atoms with Gasteiger partial charge >= 0.3 is 12.1 Å². The molecule has 0 saturated carbocycles. The van der Waals surface area contributed by atoms with E-state index in [9.17, 15) is 22.8 Å². The van der Waals surface area contributed by atoms with Crippen LogP contribution in [0, 0.1) is 0 Å². The minimum absolute atomic E-state index is 0.0165. The summed E-state index contributed by atoms with van der Waals surface area (Å²) in [5.74, 6) is -1.60. The van der Waals surface area contributed by atoms with Crippen LogP contribution in [0.1, 0.15) is 32.0 Å². The predicted molar refractivity (Wildman–Crippen MR) is 176 cm³/mol. The van der Waals surface area contributed by atoms with Crippen molar-refractivity contribution in [2.24, 2.45) is 5.10 Å². The number of benzene rings is 4. The molecule has 0 fully saturated rings. The molecule has 1 amide bonds. The number of H-pyrrole nitrogens is 1. The molecule has 230 valence electrons. The van der Waals surface area contributed by atoms with Crippen molar-refractivity contribution in [2.45, 2.75) is 6.18 Å². The average molecular weight is 763 g/mol. The molecule has 1 heterocycles. The van der Waals surface area contributed by atoms with E-state index in [-0.39, 0.29) is 22.6 Å². The molecule has 0 radical (unpaired) electrons. The number of halogens is 6. The molecule has 0 bridgehead atoms. The molecule has 7 nitrogen and oxygen atoms in total. The summed E-state index contributed by atoms with van der Waals surface area (Å²) in [7, 11) is 3.83. The van der Waals surface area contributed by atoms with Gasteiger partial charge in [-0.1, -0.05) is 51.8 Å². The Morgan fingerprint density at radius 3 is 2.47 bits per heavy atom. The zero-order valence-corrected chi connectivity index (χ0v) is 27.4. The highest BCUT2D eigenvalue weighted by molar-refractivity contribution is 9.11. The van der Waals surface area contributed by atoms with E-state index in [2.05, 4.69) is 47.4 Å². The number of anilines is 1. The fraction of sp³-hybridized carbons (Fsp3) is 0.0938. The van der Waals surface area contributed by atoms with Gasteiger partial charge in [-0.15, -0.1) is 0 Å². The van der Waals surface area contributed by atoms with Crippen molar-refractivity contribution >= 4 is 78.1 Å². The van der Waals surface area contributed by atoms with E-state index in [0.29, 0.717) is 36.7 Å². The van der Waals surface area contributed by atoms with Crippen LogP contribution in [0.25, 0.3) is 22.0 Å². The Morgan fingerprint density at radius 1 is 1.00 bits per heavy atom. The highest BCUT2D eigenvalue weighted by atomic mass is 79.9. The summed E-state index contributed by atoms with van der Waals surface area (Å²) in [5, 5.41) is 5.33. The van der Waals surface area contributed by atoms with Gasteiger partial charge in [0, 0.05) is 56.9 Å². The third-order valence-corrected chi connectivity index (χ3v) is 8.07. The van der Waals surface area contributed by atoms with Gasteiger partial charge in [-0.2, -0.15) is 18.3 Å². The summed E-state index contributed by atoms with van der Waals surface area (Å²) in [6, 6.07) is 20.0. The Hall–Kier alpha value is -4.13. The van der Waals surface area contributed by atoms with E-state index in [1.807, 2.05) is 49.3 Å². The predicted octanol–water partition coefficient (Wildman–Crippen LogP) is 9.08. The summed E-state index contributed by atoms with van der Waals surface area (Å²) in [6.07, 6.45) is -3.38. The lowest BCUT2D eigenvalue weighted by Crippen LogP contribution is -2.19. The number of nitrogens with one attached hydrogen (secondary N) is 2. The lowest BCUT2D eigenvalue weighted by atomic mass is 10.0. The second-order valence-corrected chi connectivity index (χ2v) is 12.1. The van der Waals surface area contributed by atoms with Crippen LogP contribution in [-0.4, -0.2) is 37.2 Å². The number of nitrogens with zero attached hydrogens (tertiary/aromatic N) is 2. The Morgan fingerprint density at radius 2 is 1.76 bits per heavy atom. The van der Waals surface area contributed by atoms with Gasteiger partial charge in [0.25, 0.3) is 5.91 Å². The number of amides is 1. The summed E-state index contributed by atoms with van der Waals surface area (Å²) in [5.41, 5.74) is 4.56. The van der Waals surface area contributed by atoms with Crippen molar-refractivity contribution in [1.82, 2.24) is 10.4 Å². The number of fused-ring (bicyclic) bond motifs is 1. The highest BCUT2D eigenvalue weighted by Crippen LogP contribution is 2.38. The number of ether oxygens (including phenoxy) is 1. The summed E-state index contributed by atoms with van der Waals surface area (Å²) < 4.78 is 45.9. The van der Waals surface area contributed by atoms with Crippen LogP contribution in [0.15, 0.2) is 92.9 Å². The number of aromatic amines is 1. The summed E-state index contributed by atoms with van der Waals surface area (Å²) in [6.45, 7) is 0. The molecule has 0 saturated heterocycles. The smallest absolute Gasteiger partial charge is 0.416 e. The minimum atomic E-state index is -4.63. The molecular weight excluding hydrogens is 741 g/mol. The number of hydrazone groups is 1. The third kappa shape index (κ3) is 7.08. The Kier molecular flexibility index (Phi) is 9.38. The first-order valence-corrected chi connectivity index (χ1v) is 15.1. The monoisotopic (exact) mass is 760 g/mol. The van der Waals surface area contributed by atoms with Gasteiger partial charge in [-0.3, -0.25) is 4.79 Å². The normalized spacial score (nSPS) is 11.6. The van der Waals surface area contributed by atoms with E-state index < -0.39 is 23.6 Å². The molecule has 0 unspecified atom stereocenters. The van der Waals surface area contributed by atoms with Crippen molar-refractivity contribution < 1.29 is 27.5 Å². The Bertz CT molecular complexity index is 1980. The number of carbonyl (C=O) groups is 2. The van der Waals surface area contributed by atoms with Crippen LogP contribution in [-0.2, 0) is 6.18 Å². The largest absolute Gasteiger partial charge is 0.421 e. The number of rotatable bonds is 7. The number of aromatic nitrogens is 1. The van der Waals surface area contributed by atoms with Gasteiger partial charge in [0.2, 0.25) is 0 Å². The maximum Gasteiger partial charge on any atom is 0.416 e. The SMILES string of the molecule is CN(C)c1ccc2[nH]c(C(=O)NN=Cc3cc(Br)cc(Br)c3OC(=O)c3cccc(C(F)(F)F)c3)c(-c3ccccc3Cl)c2c1. The standard InChI is InChI=1S/C32H22Br2ClF3N4O3/c1-42(2)21-10-11-26-23(15-21)27(22-8-3-4-9-25(22)35)28(40-26)30(43)41-39-16-18-13-20(33)14-24(34)29(18)45-31(44)17-6-5-7-19(12-17)32(36,37)38/h3-16,40H,1-2H3,(H,41,43). The van der Waals surface area contributed by atoms with E-state index in [1.54, 1.807) is 24.3 Å². The molecule has 45 heavy (non-hydrogen) atoms.